The Kier molecular flexibility index (Phi) is 5.96. The molecular formula is C18H27N3O4S. The Hall–Kier alpha value is -1.48. The highest BCUT2D eigenvalue weighted by atomic mass is 32.2. The standard InChI is InChI=1S/C18H27N3O4S/c1-21(14-7-3-2-4-8-14)26(24,25)16-9-5-6-13(10-16)20-18(23)17-11-15(22)12-19-17/h5-6,9-10,14-15,17,19,22H,2-4,7-8,11-12H2,1H3,(H,20,23). The first-order valence-electron chi connectivity index (χ1n) is 9.18. The second-order valence-corrected chi connectivity index (χ2v) is 9.18. The minimum absolute atomic E-state index is 0.0381. The van der Waals surface area contributed by atoms with E-state index in [1.165, 1.54) is 10.4 Å². The second kappa shape index (κ2) is 8.04. The number of nitrogens with zero attached hydrogens (tertiary/aromatic N) is 1. The molecule has 144 valence electrons. The summed E-state index contributed by atoms with van der Waals surface area (Å²) in [6.07, 6.45) is 4.89. The van der Waals surface area contributed by atoms with Gasteiger partial charge in [0.25, 0.3) is 0 Å². The van der Waals surface area contributed by atoms with E-state index in [1.807, 2.05) is 0 Å². The fourth-order valence-electron chi connectivity index (χ4n) is 3.69. The Balaban J connectivity index is 1.72. The van der Waals surface area contributed by atoms with Crippen LogP contribution in [0.3, 0.4) is 0 Å². The molecule has 2 atom stereocenters. The molecule has 1 aliphatic carbocycles. The average Bonchev–Trinajstić information content (AvgIpc) is 3.08. The smallest absolute Gasteiger partial charge is 0.243 e. The van der Waals surface area contributed by atoms with Gasteiger partial charge in [-0.2, -0.15) is 4.31 Å². The molecule has 2 unspecified atom stereocenters. The van der Waals surface area contributed by atoms with Crippen LogP contribution in [0.15, 0.2) is 29.2 Å². The third-order valence-electron chi connectivity index (χ3n) is 5.29. The summed E-state index contributed by atoms with van der Waals surface area (Å²) in [6.45, 7) is 0.388. The van der Waals surface area contributed by atoms with Crippen LogP contribution in [0.5, 0.6) is 0 Å². The third-order valence-corrected chi connectivity index (χ3v) is 7.20. The molecule has 0 radical (unpaired) electrons. The first-order chi connectivity index (χ1) is 12.4. The van der Waals surface area contributed by atoms with E-state index in [2.05, 4.69) is 10.6 Å². The quantitative estimate of drug-likeness (QED) is 0.714. The minimum atomic E-state index is -3.60. The molecule has 7 nitrogen and oxygen atoms in total. The number of carbonyl (C=O) groups is 1. The topological polar surface area (TPSA) is 98.7 Å². The van der Waals surface area contributed by atoms with Gasteiger partial charge in [0.1, 0.15) is 0 Å². The molecule has 1 aliphatic heterocycles. The molecule has 0 aromatic heterocycles. The van der Waals surface area contributed by atoms with Crippen molar-refractivity contribution >= 4 is 21.6 Å². The molecule has 3 rings (SSSR count). The molecule has 2 aliphatic rings. The van der Waals surface area contributed by atoms with Crippen LogP contribution in [0.25, 0.3) is 0 Å². The van der Waals surface area contributed by atoms with Gasteiger partial charge in [0, 0.05) is 25.3 Å². The number of hydrogen-bond acceptors (Lipinski definition) is 5. The number of amides is 1. The number of β-amino-alcohol motifs (C(OH)–C–C–N with tert-alkyl or cyclic N) is 1. The molecule has 0 bridgehead atoms. The molecule has 2 fully saturated rings. The van der Waals surface area contributed by atoms with E-state index in [1.54, 1.807) is 25.2 Å². The lowest BCUT2D eigenvalue weighted by molar-refractivity contribution is -0.117. The first kappa shape index (κ1) is 19.3. The number of benzene rings is 1. The number of hydrogen-bond donors (Lipinski definition) is 3. The van der Waals surface area contributed by atoms with Crippen LogP contribution in [0, 0.1) is 0 Å². The highest BCUT2D eigenvalue weighted by Gasteiger charge is 2.30. The van der Waals surface area contributed by atoms with E-state index in [-0.39, 0.29) is 16.8 Å². The van der Waals surface area contributed by atoms with Gasteiger partial charge in [-0.05, 0) is 37.5 Å². The molecule has 8 heteroatoms. The maximum atomic E-state index is 12.9. The average molecular weight is 381 g/mol. The second-order valence-electron chi connectivity index (χ2n) is 7.18. The zero-order chi connectivity index (χ0) is 18.7. The van der Waals surface area contributed by atoms with Crippen LogP contribution in [0.2, 0.25) is 0 Å². The summed E-state index contributed by atoms with van der Waals surface area (Å²) in [7, 11) is -1.96. The lowest BCUT2D eigenvalue weighted by Crippen LogP contribution is -2.38. The summed E-state index contributed by atoms with van der Waals surface area (Å²) < 4.78 is 27.3. The fourth-order valence-corrected chi connectivity index (χ4v) is 5.15. The monoisotopic (exact) mass is 381 g/mol. The van der Waals surface area contributed by atoms with Gasteiger partial charge in [-0.1, -0.05) is 25.3 Å². The zero-order valence-electron chi connectivity index (χ0n) is 15.0. The summed E-state index contributed by atoms with van der Waals surface area (Å²) >= 11 is 0. The summed E-state index contributed by atoms with van der Waals surface area (Å²) in [5.41, 5.74) is 0.441. The largest absolute Gasteiger partial charge is 0.392 e. The number of rotatable bonds is 5. The summed E-state index contributed by atoms with van der Waals surface area (Å²) in [6, 6.07) is 5.93. The van der Waals surface area contributed by atoms with E-state index in [0.29, 0.717) is 18.7 Å². The van der Waals surface area contributed by atoms with E-state index in [9.17, 15) is 18.3 Å². The molecule has 1 heterocycles. The van der Waals surface area contributed by atoms with Crippen molar-refractivity contribution in [2.45, 2.75) is 61.6 Å². The molecule has 26 heavy (non-hydrogen) atoms. The van der Waals surface area contributed by atoms with Gasteiger partial charge in [0.05, 0.1) is 17.0 Å². The van der Waals surface area contributed by atoms with Crippen molar-refractivity contribution in [1.82, 2.24) is 9.62 Å². The van der Waals surface area contributed by atoms with Gasteiger partial charge in [-0.3, -0.25) is 4.79 Å². The predicted molar refractivity (Wildman–Crippen MR) is 99.3 cm³/mol. The molecule has 1 saturated heterocycles. The molecule has 1 aromatic carbocycles. The van der Waals surface area contributed by atoms with Crippen LogP contribution >= 0.6 is 0 Å². The van der Waals surface area contributed by atoms with E-state index in [0.717, 1.165) is 32.1 Å². The van der Waals surface area contributed by atoms with E-state index >= 15 is 0 Å². The Morgan fingerprint density at radius 1 is 1.27 bits per heavy atom. The highest BCUT2D eigenvalue weighted by Crippen LogP contribution is 2.27. The normalized spacial score (nSPS) is 24.7. The van der Waals surface area contributed by atoms with Crippen molar-refractivity contribution in [2.75, 3.05) is 18.9 Å². The third kappa shape index (κ3) is 4.25. The van der Waals surface area contributed by atoms with Crippen LogP contribution in [0.1, 0.15) is 38.5 Å². The lowest BCUT2D eigenvalue weighted by atomic mass is 9.96. The minimum Gasteiger partial charge on any atom is -0.392 e. The van der Waals surface area contributed by atoms with Crippen molar-refractivity contribution in [2.24, 2.45) is 0 Å². The van der Waals surface area contributed by atoms with Crippen molar-refractivity contribution in [3.05, 3.63) is 24.3 Å². The number of aliphatic hydroxyl groups is 1. The molecule has 0 spiro atoms. The fraction of sp³-hybridized carbons (Fsp3) is 0.611. The van der Waals surface area contributed by atoms with E-state index in [4.69, 9.17) is 0 Å². The SMILES string of the molecule is CN(C1CCCCC1)S(=O)(=O)c1cccc(NC(=O)C2CC(O)CN2)c1. The first-order valence-corrected chi connectivity index (χ1v) is 10.6. The summed E-state index contributed by atoms with van der Waals surface area (Å²) in [4.78, 5) is 12.4. The Morgan fingerprint density at radius 2 is 2.00 bits per heavy atom. The van der Waals surface area contributed by atoms with Crippen LogP contribution < -0.4 is 10.6 Å². The van der Waals surface area contributed by atoms with Gasteiger partial charge < -0.3 is 15.7 Å². The van der Waals surface area contributed by atoms with Crippen LogP contribution in [-0.2, 0) is 14.8 Å². The molecule has 1 aromatic rings. The van der Waals surface area contributed by atoms with Gasteiger partial charge in [-0.15, -0.1) is 0 Å². The Labute approximate surface area is 154 Å². The van der Waals surface area contributed by atoms with Gasteiger partial charge in [-0.25, -0.2) is 8.42 Å². The maximum Gasteiger partial charge on any atom is 0.243 e. The molecular weight excluding hydrogens is 354 g/mol. The van der Waals surface area contributed by atoms with Crippen molar-refractivity contribution in [3.63, 3.8) is 0 Å². The van der Waals surface area contributed by atoms with Crippen molar-refractivity contribution < 1.29 is 18.3 Å². The summed E-state index contributed by atoms with van der Waals surface area (Å²) in [5, 5.41) is 15.2. The number of sulfonamides is 1. The molecule has 3 N–H and O–H groups in total. The number of anilines is 1. The predicted octanol–water partition coefficient (Wildman–Crippen LogP) is 1.30. The summed E-state index contributed by atoms with van der Waals surface area (Å²) in [5.74, 6) is -0.267. The Morgan fingerprint density at radius 3 is 2.65 bits per heavy atom. The van der Waals surface area contributed by atoms with Gasteiger partial charge >= 0.3 is 0 Å². The number of nitrogens with one attached hydrogen (secondary N) is 2. The van der Waals surface area contributed by atoms with Crippen LogP contribution in [-0.4, -0.2) is 55.5 Å². The Bertz CT molecular complexity index is 747. The zero-order valence-corrected chi connectivity index (χ0v) is 15.8. The maximum absolute atomic E-state index is 12.9. The van der Waals surface area contributed by atoms with Crippen molar-refractivity contribution in [1.29, 1.82) is 0 Å². The van der Waals surface area contributed by atoms with Gasteiger partial charge in [0.2, 0.25) is 15.9 Å². The molecule has 1 saturated carbocycles. The van der Waals surface area contributed by atoms with E-state index < -0.39 is 22.2 Å². The molecule has 1 amide bonds. The number of aliphatic hydroxyl groups excluding tert-OH is 1. The van der Waals surface area contributed by atoms with Gasteiger partial charge in [0.15, 0.2) is 0 Å². The highest BCUT2D eigenvalue weighted by molar-refractivity contribution is 7.89. The van der Waals surface area contributed by atoms with Crippen molar-refractivity contribution in [3.8, 4) is 0 Å². The lowest BCUT2D eigenvalue weighted by Gasteiger charge is -2.30. The number of carbonyl (C=O) groups excluding carboxylic acids is 1. The van der Waals surface area contributed by atoms with Crippen LogP contribution in [0.4, 0.5) is 5.69 Å².